The molecule has 0 spiro atoms. The van der Waals surface area contributed by atoms with Crippen LogP contribution in [0.4, 0.5) is 4.39 Å². The number of benzene rings is 1. The van der Waals surface area contributed by atoms with Gasteiger partial charge in [-0.15, -0.1) is 0 Å². The van der Waals surface area contributed by atoms with Crippen molar-refractivity contribution < 1.29 is 9.18 Å². The second-order valence-corrected chi connectivity index (χ2v) is 3.97. The minimum atomic E-state index is -0.226. The third-order valence-corrected chi connectivity index (χ3v) is 2.64. The van der Waals surface area contributed by atoms with Gasteiger partial charge in [0.15, 0.2) is 5.78 Å². The van der Waals surface area contributed by atoms with Crippen molar-refractivity contribution in [3.8, 4) is 0 Å². The summed E-state index contributed by atoms with van der Waals surface area (Å²) in [5, 5.41) is 3.21. The first kappa shape index (κ1) is 10.9. The van der Waals surface area contributed by atoms with E-state index in [0.29, 0.717) is 13.0 Å². The topological polar surface area (TPSA) is 29.1 Å². The molecule has 3 heteroatoms. The quantitative estimate of drug-likeness (QED) is 0.846. The predicted octanol–water partition coefficient (Wildman–Crippen LogP) is 2.55. The molecule has 0 aromatic heterocycles. The van der Waals surface area contributed by atoms with E-state index in [1.807, 2.05) is 0 Å². The summed E-state index contributed by atoms with van der Waals surface area (Å²) in [5.74, 6) is -0.0383. The minimum Gasteiger partial charge on any atom is -0.384 e. The van der Waals surface area contributed by atoms with E-state index in [1.165, 1.54) is 12.1 Å². The highest BCUT2D eigenvalue weighted by atomic mass is 19.1. The molecule has 2 nitrogen and oxygen atoms in total. The lowest BCUT2D eigenvalue weighted by atomic mass is 10.0. The lowest BCUT2D eigenvalue weighted by molar-refractivity contribution is -0.115. The number of ketones is 1. The SMILES string of the molecule is O=C1C=C(NCc2ccc(F)cc2)CCC1. The number of rotatable bonds is 3. The fourth-order valence-electron chi connectivity index (χ4n) is 1.75. The summed E-state index contributed by atoms with van der Waals surface area (Å²) >= 11 is 0. The summed E-state index contributed by atoms with van der Waals surface area (Å²) in [6.45, 7) is 0.638. The van der Waals surface area contributed by atoms with Crippen LogP contribution in [0.15, 0.2) is 36.0 Å². The van der Waals surface area contributed by atoms with Gasteiger partial charge < -0.3 is 5.32 Å². The average Bonchev–Trinajstić information content (AvgIpc) is 2.28. The minimum absolute atomic E-state index is 0.188. The Hall–Kier alpha value is -1.64. The first-order valence-electron chi connectivity index (χ1n) is 5.46. The van der Waals surface area contributed by atoms with Gasteiger partial charge in [-0.2, -0.15) is 0 Å². The molecule has 0 fully saturated rings. The normalized spacial score (nSPS) is 15.8. The van der Waals surface area contributed by atoms with E-state index < -0.39 is 0 Å². The largest absolute Gasteiger partial charge is 0.384 e. The Kier molecular flexibility index (Phi) is 3.34. The Morgan fingerprint density at radius 1 is 1.19 bits per heavy atom. The van der Waals surface area contributed by atoms with Crippen LogP contribution in [0, 0.1) is 5.82 Å². The van der Waals surface area contributed by atoms with Crippen molar-refractivity contribution in [3.63, 3.8) is 0 Å². The van der Waals surface area contributed by atoms with Crippen LogP contribution in [0.1, 0.15) is 24.8 Å². The van der Waals surface area contributed by atoms with Crippen LogP contribution in [0.5, 0.6) is 0 Å². The molecule has 2 rings (SSSR count). The van der Waals surface area contributed by atoms with Gasteiger partial charge in [0.1, 0.15) is 5.82 Å². The van der Waals surface area contributed by atoms with Gasteiger partial charge in [0.2, 0.25) is 0 Å². The Morgan fingerprint density at radius 2 is 1.94 bits per heavy atom. The molecule has 0 aliphatic heterocycles. The summed E-state index contributed by atoms with van der Waals surface area (Å²) < 4.78 is 12.7. The molecule has 1 aliphatic rings. The van der Waals surface area contributed by atoms with Crippen LogP contribution in [-0.4, -0.2) is 5.78 Å². The number of halogens is 1. The molecule has 16 heavy (non-hydrogen) atoms. The highest BCUT2D eigenvalue weighted by Gasteiger charge is 2.08. The Bertz CT molecular complexity index is 408. The lowest BCUT2D eigenvalue weighted by Gasteiger charge is -2.14. The second kappa shape index (κ2) is 4.92. The zero-order chi connectivity index (χ0) is 11.4. The smallest absolute Gasteiger partial charge is 0.157 e. The summed E-state index contributed by atoms with van der Waals surface area (Å²) in [6.07, 6.45) is 4.17. The second-order valence-electron chi connectivity index (χ2n) is 3.97. The van der Waals surface area contributed by atoms with E-state index in [2.05, 4.69) is 5.32 Å². The monoisotopic (exact) mass is 219 g/mol. The van der Waals surface area contributed by atoms with E-state index in [0.717, 1.165) is 24.1 Å². The number of carbonyl (C=O) groups excluding carboxylic acids is 1. The van der Waals surface area contributed by atoms with Gasteiger partial charge in [0.25, 0.3) is 0 Å². The van der Waals surface area contributed by atoms with E-state index in [-0.39, 0.29) is 11.6 Å². The Balaban J connectivity index is 1.92. The van der Waals surface area contributed by atoms with Crippen molar-refractivity contribution in [3.05, 3.63) is 47.4 Å². The first-order valence-corrected chi connectivity index (χ1v) is 5.46. The molecule has 0 heterocycles. The molecule has 0 bridgehead atoms. The van der Waals surface area contributed by atoms with E-state index in [9.17, 15) is 9.18 Å². The standard InChI is InChI=1S/C13H14FNO/c14-11-6-4-10(5-7-11)9-15-12-2-1-3-13(16)8-12/h4-8,15H,1-3,9H2. The van der Waals surface area contributed by atoms with Gasteiger partial charge >= 0.3 is 0 Å². The third kappa shape index (κ3) is 2.92. The van der Waals surface area contributed by atoms with Crippen molar-refractivity contribution in [1.29, 1.82) is 0 Å². The van der Waals surface area contributed by atoms with Gasteiger partial charge in [-0.3, -0.25) is 4.79 Å². The van der Waals surface area contributed by atoms with Gasteiger partial charge in [-0.1, -0.05) is 12.1 Å². The highest BCUT2D eigenvalue weighted by Crippen LogP contribution is 2.13. The van der Waals surface area contributed by atoms with Crippen LogP contribution in [0.25, 0.3) is 0 Å². The zero-order valence-electron chi connectivity index (χ0n) is 9.00. The molecular formula is C13H14FNO. The average molecular weight is 219 g/mol. The number of hydrogen-bond donors (Lipinski definition) is 1. The van der Waals surface area contributed by atoms with Crippen molar-refractivity contribution in [2.45, 2.75) is 25.8 Å². The van der Waals surface area contributed by atoms with Crippen LogP contribution >= 0.6 is 0 Å². The number of carbonyl (C=O) groups is 1. The fraction of sp³-hybridized carbons (Fsp3) is 0.308. The molecule has 1 aromatic rings. The van der Waals surface area contributed by atoms with Crippen LogP contribution in [0.2, 0.25) is 0 Å². The summed E-state index contributed by atoms with van der Waals surface area (Å²) in [7, 11) is 0. The molecule has 0 amide bonds. The Labute approximate surface area is 94.2 Å². The maximum absolute atomic E-state index is 12.7. The highest BCUT2D eigenvalue weighted by molar-refractivity contribution is 5.91. The Morgan fingerprint density at radius 3 is 2.62 bits per heavy atom. The molecule has 0 saturated heterocycles. The zero-order valence-corrected chi connectivity index (χ0v) is 9.00. The number of allylic oxidation sites excluding steroid dienone is 2. The van der Waals surface area contributed by atoms with Gasteiger partial charge in [-0.25, -0.2) is 4.39 Å². The van der Waals surface area contributed by atoms with E-state index in [1.54, 1.807) is 18.2 Å². The summed E-state index contributed by atoms with van der Waals surface area (Å²) in [5.41, 5.74) is 2.00. The molecule has 0 atom stereocenters. The molecular weight excluding hydrogens is 205 g/mol. The molecule has 1 N–H and O–H groups in total. The summed E-state index contributed by atoms with van der Waals surface area (Å²) in [6, 6.07) is 6.37. The molecule has 1 aromatic carbocycles. The van der Waals surface area contributed by atoms with Gasteiger partial charge in [0, 0.05) is 24.7 Å². The molecule has 1 aliphatic carbocycles. The summed E-state index contributed by atoms with van der Waals surface area (Å²) in [4.78, 5) is 11.2. The molecule has 0 unspecified atom stereocenters. The number of nitrogens with one attached hydrogen (secondary N) is 1. The first-order chi connectivity index (χ1) is 7.74. The van der Waals surface area contributed by atoms with Crippen molar-refractivity contribution in [1.82, 2.24) is 5.32 Å². The van der Waals surface area contributed by atoms with Crippen molar-refractivity contribution >= 4 is 5.78 Å². The molecule has 0 saturated carbocycles. The molecule has 84 valence electrons. The predicted molar refractivity (Wildman–Crippen MR) is 60.2 cm³/mol. The van der Waals surface area contributed by atoms with E-state index in [4.69, 9.17) is 0 Å². The van der Waals surface area contributed by atoms with Crippen molar-refractivity contribution in [2.75, 3.05) is 0 Å². The third-order valence-electron chi connectivity index (χ3n) is 2.64. The van der Waals surface area contributed by atoms with Gasteiger partial charge in [0.05, 0.1) is 0 Å². The van der Waals surface area contributed by atoms with Crippen LogP contribution in [-0.2, 0) is 11.3 Å². The van der Waals surface area contributed by atoms with Crippen molar-refractivity contribution in [2.24, 2.45) is 0 Å². The van der Waals surface area contributed by atoms with Gasteiger partial charge in [-0.05, 0) is 30.5 Å². The lowest BCUT2D eigenvalue weighted by Crippen LogP contribution is -2.17. The maximum Gasteiger partial charge on any atom is 0.157 e. The van der Waals surface area contributed by atoms with E-state index >= 15 is 0 Å². The van der Waals surface area contributed by atoms with Crippen LogP contribution < -0.4 is 5.32 Å². The molecule has 0 radical (unpaired) electrons. The maximum atomic E-state index is 12.7. The van der Waals surface area contributed by atoms with Crippen LogP contribution in [0.3, 0.4) is 0 Å². The number of hydrogen-bond acceptors (Lipinski definition) is 2. The fourth-order valence-corrected chi connectivity index (χ4v) is 1.75.